The second kappa shape index (κ2) is 12.5. The molecule has 0 radical (unpaired) electrons. The minimum Gasteiger partial charge on any atom is -0.497 e. The van der Waals surface area contributed by atoms with Crippen LogP contribution in [0.1, 0.15) is 39.2 Å². The summed E-state index contributed by atoms with van der Waals surface area (Å²) in [5, 5.41) is 13.5. The van der Waals surface area contributed by atoms with E-state index in [4.69, 9.17) is 9.73 Å². The van der Waals surface area contributed by atoms with Crippen molar-refractivity contribution in [3.05, 3.63) is 64.5 Å². The summed E-state index contributed by atoms with van der Waals surface area (Å²) in [6, 6.07) is 10.7. The van der Waals surface area contributed by atoms with Gasteiger partial charge in [-0.25, -0.2) is 14.4 Å². The van der Waals surface area contributed by atoms with Crippen LogP contribution >= 0.6 is 0 Å². The zero-order valence-corrected chi connectivity index (χ0v) is 26.3. The average molecular weight is 605 g/mol. The fourth-order valence-electron chi connectivity index (χ4n) is 7.59. The van der Waals surface area contributed by atoms with Gasteiger partial charge in [0, 0.05) is 51.0 Å². The molecule has 236 valence electrons. The van der Waals surface area contributed by atoms with Gasteiger partial charge in [0.15, 0.2) is 5.96 Å². The number of nitrogens with zero attached hydrogens (tertiary/aromatic N) is 5. The lowest BCUT2D eigenvalue weighted by Gasteiger charge is -2.61. The van der Waals surface area contributed by atoms with E-state index in [1.165, 1.54) is 24.2 Å². The number of ether oxygens (including phenoxy) is 1. The van der Waals surface area contributed by atoms with Crippen LogP contribution in [0.15, 0.2) is 52.5 Å². The standard InChI is InChI=1S/C34H45FN6O3/c1-22-28-17-24(34(28,2)3)18-30(22)38-33(40-13-11-39(12-14-40)15-16-42)37-25-6-8-27-31(19-25)36-21-41(32(27)43)10-9-23-5-7-26(44-4)20-29(23)35/h5-8,19-22,24,28,30,42H,9-18H2,1-4H3,(H,37,38)/t22-,24-,28+,30?/m0/s1. The lowest BCUT2D eigenvalue weighted by atomic mass is 9.45. The van der Waals surface area contributed by atoms with Gasteiger partial charge in [0.1, 0.15) is 11.6 Å². The molecule has 1 aliphatic heterocycles. The third-order valence-electron chi connectivity index (χ3n) is 10.7. The number of anilines is 1. The lowest BCUT2D eigenvalue weighted by Crippen LogP contribution is -2.57. The van der Waals surface area contributed by atoms with Crippen LogP contribution in [-0.2, 0) is 13.0 Å². The van der Waals surface area contributed by atoms with Crippen molar-refractivity contribution in [1.82, 2.24) is 19.4 Å². The molecule has 4 fully saturated rings. The monoisotopic (exact) mass is 604 g/mol. The third kappa shape index (κ3) is 5.94. The molecule has 0 spiro atoms. The third-order valence-corrected chi connectivity index (χ3v) is 10.7. The highest BCUT2D eigenvalue weighted by Crippen LogP contribution is 2.61. The van der Waals surface area contributed by atoms with E-state index in [0.29, 0.717) is 64.9 Å². The molecule has 4 atom stereocenters. The minimum absolute atomic E-state index is 0.151. The summed E-state index contributed by atoms with van der Waals surface area (Å²) in [5.74, 6) is 2.92. The van der Waals surface area contributed by atoms with Crippen LogP contribution in [-0.4, -0.2) is 82.9 Å². The number of aryl methyl sites for hydroxylation is 2. The molecule has 3 aromatic rings. The summed E-state index contributed by atoms with van der Waals surface area (Å²) in [6.45, 7) is 11.8. The number of hydrogen-bond donors (Lipinski definition) is 2. The van der Waals surface area contributed by atoms with Crippen LogP contribution < -0.4 is 15.6 Å². The molecule has 4 aliphatic rings. The first-order valence-electron chi connectivity index (χ1n) is 15.9. The number of piperazine rings is 1. The first-order chi connectivity index (χ1) is 21.2. The highest BCUT2D eigenvalue weighted by atomic mass is 19.1. The van der Waals surface area contributed by atoms with E-state index >= 15 is 0 Å². The van der Waals surface area contributed by atoms with Gasteiger partial charge in [-0.3, -0.25) is 14.3 Å². The van der Waals surface area contributed by atoms with Gasteiger partial charge in [-0.1, -0.05) is 26.8 Å². The Bertz CT molecular complexity index is 1580. The fraction of sp³-hybridized carbons (Fsp3) is 0.559. The van der Waals surface area contributed by atoms with E-state index < -0.39 is 0 Å². The van der Waals surface area contributed by atoms with Crippen LogP contribution in [0.5, 0.6) is 5.75 Å². The van der Waals surface area contributed by atoms with Crippen molar-refractivity contribution in [1.29, 1.82) is 0 Å². The first-order valence-corrected chi connectivity index (χ1v) is 15.9. The number of aliphatic hydroxyl groups excluding tert-OH is 1. The number of aliphatic imine (C=N–C) groups is 1. The number of nitrogens with one attached hydrogen (secondary N) is 1. The number of fused-ring (bicyclic) bond motifs is 3. The number of aromatic nitrogens is 2. The predicted octanol–water partition coefficient (Wildman–Crippen LogP) is 4.24. The maximum Gasteiger partial charge on any atom is 0.261 e. The van der Waals surface area contributed by atoms with Crippen LogP contribution in [0.2, 0.25) is 0 Å². The van der Waals surface area contributed by atoms with E-state index in [1.807, 2.05) is 18.2 Å². The molecule has 1 aromatic heterocycles. The molecule has 3 aliphatic carbocycles. The Labute approximate surface area is 258 Å². The van der Waals surface area contributed by atoms with E-state index in [-0.39, 0.29) is 24.0 Å². The second-order valence-corrected chi connectivity index (χ2v) is 13.3. The number of benzene rings is 2. The van der Waals surface area contributed by atoms with Crippen molar-refractivity contribution in [3.8, 4) is 5.75 Å². The van der Waals surface area contributed by atoms with Gasteiger partial charge in [0.05, 0.1) is 37.0 Å². The highest BCUT2D eigenvalue weighted by Gasteiger charge is 2.56. The van der Waals surface area contributed by atoms with Crippen molar-refractivity contribution in [2.24, 2.45) is 28.2 Å². The summed E-state index contributed by atoms with van der Waals surface area (Å²) < 4.78 is 21.1. The molecule has 9 nitrogen and oxygen atoms in total. The van der Waals surface area contributed by atoms with Crippen molar-refractivity contribution >= 4 is 22.5 Å². The topological polar surface area (TPSA) is 95.2 Å². The van der Waals surface area contributed by atoms with E-state index in [0.717, 1.165) is 44.2 Å². The smallest absolute Gasteiger partial charge is 0.261 e. The Morgan fingerprint density at radius 1 is 1.14 bits per heavy atom. The van der Waals surface area contributed by atoms with Gasteiger partial charge in [0.25, 0.3) is 5.56 Å². The molecule has 2 bridgehead atoms. The zero-order valence-electron chi connectivity index (χ0n) is 26.3. The van der Waals surface area contributed by atoms with Crippen molar-refractivity contribution in [2.75, 3.05) is 51.8 Å². The second-order valence-electron chi connectivity index (χ2n) is 13.3. The molecule has 44 heavy (non-hydrogen) atoms. The number of halogens is 1. The minimum atomic E-state index is -0.350. The fourth-order valence-corrected chi connectivity index (χ4v) is 7.59. The molecule has 7 rings (SSSR count). The van der Waals surface area contributed by atoms with Crippen LogP contribution in [0.25, 0.3) is 10.9 Å². The lowest BCUT2D eigenvalue weighted by molar-refractivity contribution is -0.108. The molecule has 1 saturated heterocycles. The molecule has 10 heteroatoms. The number of hydrogen-bond acceptors (Lipinski definition) is 6. The largest absolute Gasteiger partial charge is 0.497 e. The normalized spacial score (nSPS) is 25.1. The van der Waals surface area contributed by atoms with Gasteiger partial charge in [-0.2, -0.15) is 0 Å². The Morgan fingerprint density at radius 3 is 2.61 bits per heavy atom. The quantitative estimate of drug-likeness (QED) is 0.294. The average Bonchev–Trinajstić information content (AvgIpc) is 3.02. The number of aliphatic hydroxyl groups is 1. The Morgan fingerprint density at radius 2 is 1.93 bits per heavy atom. The molecule has 2 heterocycles. The highest BCUT2D eigenvalue weighted by molar-refractivity contribution is 5.96. The number of β-amino-alcohol motifs (C(OH)–C–C–N with tert-alkyl or cyclic N) is 1. The van der Waals surface area contributed by atoms with Gasteiger partial charge < -0.3 is 20.1 Å². The zero-order chi connectivity index (χ0) is 31.0. The Kier molecular flexibility index (Phi) is 8.66. The molecular formula is C34H45FN6O3. The van der Waals surface area contributed by atoms with Gasteiger partial charge in [0.2, 0.25) is 0 Å². The summed E-state index contributed by atoms with van der Waals surface area (Å²) in [6.07, 6.45) is 4.33. The number of guanidine groups is 1. The predicted molar refractivity (Wildman–Crippen MR) is 172 cm³/mol. The van der Waals surface area contributed by atoms with Gasteiger partial charge >= 0.3 is 0 Å². The molecule has 2 aromatic carbocycles. The molecule has 2 N–H and O–H groups in total. The van der Waals surface area contributed by atoms with Crippen LogP contribution in [0, 0.1) is 29.0 Å². The van der Waals surface area contributed by atoms with E-state index in [2.05, 4.69) is 40.9 Å². The summed E-state index contributed by atoms with van der Waals surface area (Å²) in [4.78, 5) is 27.9. The summed E-state index contributed by atoms with van der Waals surface area (Å²) in [7, 11) is 1.50. The first kappa shape index (κ1) is 30.5. The van der Waals surface area contributed by atoms with Crippen molar-refractivity contribution in [2.45, 2.75) is 52.6 Å². The molecule has 1 unspecified atom stereocenters. The van der Waals surface area contributed by atoms with Crippen LogP contribution in [0.3, 0.4) is 0 Å². The SMILES string of the molecule is COc1ccc(CCn2cnc3cc(NC(=NC4C[C@@H]5C[C@H]([C@@H]4C)C5(C)C)N4CCN(CCO)CC4)ccc3c2=O)c(F)c1. The van der Waals surface area contributed by atoms with Crippen molar-refractivity contribution in [3.63, 3.8) is 0 Å². The van der Waals surface area contributed by atoms with E-state index in [1.54, 1.807) is 18.5 Å². The van der Waals surface area contributed by atoms with Crippen molar-refractivity contribution < 1.29 is 14.2 Å². The summed E-state index contributed by atoms with van der Waals surface area (Å²) in [5.41, 5.74) is 2.21. The van der Waals surface area contributed by atoms with Gasteiger partial charge in [-0.15, -0.1) is 0 Å². The van der Waals surface area contributed by atoms with Gasteiger partial charge in [-0.05, 0) is 72.3 Å². The number of methoxy groups -OCH3 is 1. The maximum absolute atomic E-state index is 14.4. The molecular weight excluding hydrogens is 559 g/mol. The maximum atomic E-state index is 14.4. The van der Waals surface area contributed by atoms with Crippen LogP contribution in [0.4, 0.5) is 10.1 Å². The number of rotatable bonds is 8. The van der Waals surface area contributed by atoms with E-state index in [9.17, 15) is 14.3 Å². The molecule has 0 amide bonds. The Balaban J connectivity index is 1.21. The molecule has 3 saturated carbocycles. The summed E-state index contributed by atoms with van der Waals surface area (Å²) >= 11 is 0. The Hall–Kier alpha value is -3.50.